The van der Waals surface area contributed by atoms with Gasteiger partial charge in [0.15, 0.2) is 17.3 Å². The predicted octanol–water partition coefficient (Wildman–Crippen LogP) is 4.38. The highest BCUT2D eigenvalue weighted by molar-refractivity contribution is 6.32. The minimum absolute atomic E-state index is 0.242. The molecule has 7 nitrogen and oxygen atoms in total. The average molecular weight is 423 g/mol. The van der Waals surface area contributed by atoms with Crippen LogP contribution >= 0.6 is 11.6 Å². The third-order valence-electron chi connectivity index (χ3n) is 5.39. The van der Waals surface area contributed by atoms with Gasteiger partial charge in [-0.15, -0.1) is 10.2 Å². The Labute approximate surface area is 180 Å². The number of nitrogens with two attached hydrogens (primary N) is 1. The second-order valence-corrected chi connectivity index (χ2v) is 7.77. The van der Waals surface area contributed by atoms with Crippen molar-refractivity contribution < 1.29 is 4.74 Å². The van der Waals surface area contributed by atoms with Crippen molar-refractivity contribution in [3.05, 3.63) is 58.4 Å². The predicted molar refractivity (Wildman–Crippen MR) is 121 cm³/mol. The lowest BCUT2D eigenvalue weighted by Crippen LogP contribution is -2.40. The van der Waals surface area contributed by atoms with Crippen LogP contribution in [0, 0.1) is 6.57 Å². The lowest BCUT2D eigenvalue weighted by Gasteiger charge is -2.31. The second-order valence-electron chi connectivity index (χ2n) is 7.36. The van der Waals surface area contributed by atoms with E-state index in [1.165, 1.54) is 0 Å². The summed E-state index contributed by atoms with van der Waals surface area (Å²) in [6.45, 7) is 9.61. The number of anilines is 2. The van der Waals surface area contributed by atoms with Crippen LogP contribution in [0.1, 0.15) is 18.4 Å². The molecule has 0 aliphatic carbocycles. The number of nitrogens with zero attached hydrogens (tertiary/aromatic N) is 4. The number of halogens is 1. The normalized spacial score (nSPS) is 14.5. The molecule has 154 valence electrons. The number of ether oxygens (including phenoxy) is 1. The molecule has 2 heterocycles. The Hall–Kier alpha value is -3.08. The molecule has 2 aromatic carbocycles. The van der Waals surface area contributed by atoms with Gasteiger partial charge in [0.2, 0.25) is 0 Å². The number of benzene rings is 2. The smallest absolute Gasteiger partial charge is 0.188 e. The van der Waals surface area contributed by atoms with Crippen LogP contribution in [0.25, 0.3) is 15.6 Å². The first kappa shape index (κ1) is 20.2. The Balaban J connectivity index is 1.65. The Kier molecular flexibility index (Phi) is 5.88. The summed E-state index contributed by atoms with van der Waals surface area (Å²) in [6.07, 6.45) is 1.86. The zero-order valence-corrected chi connectivity index (χ0v) is 17.5. The SMILES string of the molecule is [C-]#[N+]c1ccc2c(N3CCC(N)CC3)nnc(NCc3ccc(OC)c(Cl)c3)c2c1. The number of hydrogen-bond donors (Lipinski definition) is 2. The summed E-state index contributed by atoms with van der Waals surface area (Å²) in [6, 6.07) is 11.5. The highest BCUT2D eigenvalue weighted by Gasteiger charge is 2.21. The number of piperidine rings is 1. The van der Waals surface area contributed by atoms with Crippen LogP contribution in [0.15, 0.2) is 36.4 Å². The van der Waals surface area contributed by atoms with Crippen LogP contribution in [0.3, 0.4) is 0 Å². The molecule has 0 amide bonds. The molecule has 8 heteroatoms. The van der Waals surface area contributed by atoms with Gasteiger partial charge < -0.3 is 20.7 Å². The monoisotopic (exact) mass is 422 g/mol. The average Bonchev–Trinajstić information content (AvgIpc) is 2.77. The van der Waals surface area contributed by atoms with E-state index >= 15 is 0 Å². The van der Waals surface area contributed by atoms with Crippen molar-refractivity contribution in [3.8, 4) is 5.75 Å². The maximum absolute atomic E-state index is 7.38. The van der Waals surface area contributed by atoms with Crippen molar-refractivity contribution in [2.75, 3.05) is 30.4 Å². The third kappa shape index (κ3) is 4.11. The first-order valence-corrected chi connectivity index (χ1v) is 10.2. The molecule has 0 atom stereocenters. The number of hydrogen-bond acceptors (Lipinski definition) is 6. The quantitative estimate of drug-likeness (QED) is 0.594. The van der Waals surface area contributed by atoms with Gasteiger partial charge in [-0.1, -0.05) is 29.8 Å². The van der Waals surface area contributed by atoms with Crippen molar-refractivity contribution in [1.82, 2.24) is 10.2 Å². The van der Waals surface area contributed by atoms with E-state index in [0.717, 1.165) is 48.1 Å². The van der Waals surface area contributed by atoms with Gasteiger partial charge >= 0.3 is 0 Å². The first-order valence-electron chi connectivity index (χ1n) is 9.83. The van der Waals surface area contributed by atoms with Gasteiger partial charge in [0.1, 0.15) is 5.75 Å². The molecule has 1 aliphatic rings. The molecule has 0 radical (unpaired) electrons. The van der Waals surface area contributed by atoms with Gasteiger partial charge in [0.25, 0.3) is 0 Å². The molecule has 1 aliphatic heterocycles. The standard InChI is InChI=1S/C22H23ClN6O/c1-25-16-4-5-17-18(12-16)21(26-13-14-3-6-20(30-2)19(23)11-14)27-28-22(17)29-9-7-15(24)8-10-29/h3-6,11-12,15H,7-10,13,24H2,2H3,(H,26,27). The molecule has 0 unspecified atom stereocenters. The van der Waals surface area contributed by atoms with E-state index in [4.69, 9.17) is 28.6 Å². The molecular formula is C22H23ClN6O. The maximum Gasteiger partial charge on any atom is 0.188 e. The van der Waals surface area contributed by atoms with Crippen molar-refractivity contribution in [1.29, 1.82) is 0 Å². The van der Waals surface area contributed by atoms with E-state index in [1.807, 2.05) is 36.4 Å². The van der Waals surface area contributed by atoms with E-state index in [0.29, 0.717) is 28.8 Å². The van der Waals surface area contributed by atoms with Gasteiger partial charge in [0.05, 0.1) is 18.7 Å². The molecule has 1 fully saturated rings. The summed E-state index contributed by atoms with van der Waals surface area (Å²) >= 11 is 6.23. The first-order chi connectivity index (χ1) is 14.6. The minimum Gasteiger partial charge on any atom is -0.495 e. The summed E-state index contributed by atoms with van der Waals surface area (Å²) < 4.78 is 5.21. The number of rotatable bonds is 5. The van der Waals surface area contributed by atoms with Crippen LogP contribution in [-0.4, -0.2) is 36.4 Å². The molecule has 1 aromatic heterocycles. The lowest BCUT2D eigenvalue weighted by molar-refractivity contribution is 0.415. The molecule has 3 aromatic rings. The summed E-state index contributed by atoms with van der Waals surface area (Å²) in [4.78, 5) is 5.80. The highest BCUT2D eigenvalue weighted by Crippen LogP contribution is 2.33. The van der Waals surface area contributed by atoms with Crippen molar-refractivity contribution >= 4 is 39.7 Å². The largest absolute Gasteiger partial charge is 0.495 e. The second kappa shape index (κ2) is 8.74. The summed E-state index contributed by atoms with van der Waals surface area (Å²) in [7, 11) is 1.59. The summed E-state index contributed by atoms with van der Waals surface area (Å²) in [5.41, 5.74) is 7.61. The maximum atomic E-state index is 7.38. The van der Waals surface area contributed by atoms with Gasteiger partial charge in [-0.05, 0) is 36.6 Å². The molecular weight excluding hydrogens is 400 g/mol. The summed E-state index contributed by atoms with van der Waals surface area (Å²) in [5.74, 6) is 2.12. The fraction of sp³-hybridized carbons (Fsp3) is 0.318. The number of nitrogens with one attached hydrogen (secondary N) is 1. The van der Waals surface area contributed by atoms with E-state index in [1.54, 1.807) is 7.11 Å². The fourth-order valence-electron chi connectivity index (χ4n) is 3.68. The zero-order chi connectivity index (χ0) is 21.1. The van der Waals surface area contributed by atoms with Crippen molar-refractivity contribution in [2.45, 2.75) is 25.4 Å². The van der Waals surface area contributed by atoms with Crippen LogP contribution < -0.4 is 20.7 Å². The van der Waals surface area contributed by atoms with Gasteiger partial charge in [-0.25, -0.2) is 4.85 Å². The number of aromatic nitrogens is 2. The number of methoxy groups -OCH3 is 1. The molecule has 0 saturated carbocycles. The van der Waals surface area contributed by atoms with Gasteiger partial charge in [-0.2, -0.15) is 0 Å². The Morgan fingerprint density at radius 3 is 2.70 bits per heavy atom. The third-order valence-corrected chi connectivity index (χ3v) is 5.68. The van der Waals surface area contributed by atoms with E-state index in [9.17, 15) is 0 Å². The number of fused-ring (bicyclic) bond motifs is 1. The van der Waals surface area contributed by atoms with E-state index < -0.39 is 0 Å². The van der Waals surface area contributed by atoms with Crippen molar-refractivity contribution in [3.63, 3.8) is 0 Å². The van der Waals surface area contributed by atoms with Gasteiger partial charge in [0, 0.05) is 36.4 Å². The van der Waals surface area contributed by atoms with Crippen molar-refractivity contribution in [2.24, 2.45) is 5.73 Å². The summed E-state index contributed by atoms with van der Waals surface area (Å²) in [5, 5.41) is 14.7. The molecule has 1 saturated heterocycles. The highest BCUT2D eigenvalue weighted by atomic mass is 35.5. The lowest BCUT2D eigenvalue weighted by atomic mass is 10.0. The zero-order valence-electron chi connectivity index (χ0n) is 16.7. The van der Waals surface area contributed by atoms with Gasteiger partial charge in [-0.3, -0.25) is 0 Å². The van der Waals surface area contributed by atoms with Crippen LogP contribution in [0.4, 0.5) is 17.3 Å². The Bertz CT molecular complexity index is 1100. The topological polar surface area (TPSA) is 80.7 Å². The van der Waals surface area contributed by atoms with Crippen LogP contribution in [0.2, 0.25) is 5.02 Å². The minimum atomic E-state index is 0.242. The van der Waals surface area contributed by atoms with E-state index in [-0.39, 0.29) is 6.04 Å². The Morgan fingerprint density at radius 1 is 1.20 bits per heavy atom. The Morgan fingerprint density at radius 2 is 2.00 bits per heavy atom. The molecule has 4 rings (SSSR count). The van der Waals surface area contributed by atoms with E-state index in [2.05, 4.69) is 25.3 Å². The molecule has 0 spiro atoms. The molecule has 30 heavy (non-hydrogen) atoms. The van der Waals surface area contributed by atoms with Crippen LogP contribution in [0.5, 0.6) is 5.75 Å². The molecule has 0 bridgehead atoms. The molecule has 3 N–H and O–H groups in total. The fourth-order valence-corrected chi connectivity index (χ4v) is 3.96. The van der Waals surface area contributed by atoms with Crippen LogP contribution in [-0.2, 0) is 6.54 Å².